The molecule has 0 radical (unpaired) electrons. The van der Waals surface area contributed by atoms with E-state index in [0.717, 1.165) is 0 Å². The first-order chi connectivity index (χ1) is 37.2. The van der Waals surface area contributed by atoms with Crippen LogP contribution in [0.25, 0.3) is 10.1 Å². The van der Waals surface area contributed by atoms with Gasteiger partial charge in [-0.3, -0.25) is 0 Å². The number of hydrogen-bond acceptors (Lipinski definition) is 3. The summed E-state index contributed by atoms with van der Waals surface area (Å²) < 4.78 is 1.47. The van der Waals surface area contributed by atoms with E-state index in [4.69, 9.17) is 0 Å². The first-order valence-electron chi connectivity index (χ1n) is 31.8. The average Bonchev–Trinajstić information content (AvgIpc) is 3.80. The molecule has 4 aliphatic heterocycles. The van der Waals surface area contributed by atoms with Crippen LogP contribution in [0.15, 0.2) is 107 Å². The molecule has 0 spiro atoms. The predicted molar refractivity (Wildman–Crippen MR) is 347 cm³/mol. The molecule has 1 saturated carbocycles. The van der Waals surface area contributed by atoms with Crippen LogP contribution in [0.4, 0.5) is 22.1 Å². The zero-order chi connectivity index (χ0) is 56.9. The molecule has 2 nitrogen and oxygen atoms in total. The van der Waals surface area contributed by atoms with Crippen molar-refractivity contribution < 1.29 is 0 Å². The summed E-state index contributed by atoms with van der Waals surface area (Å²) in [5.41, 5.74) is 27.8. The van der Waals surface area contributed by atoms with Crippen molar-refractivity contribution in [1.82, 2.24) is 0 Å². The zero-order valence-corrected chi connectivity index (χ0v) is 53.9. The van der Waals surface area contributed by atoms with Gasteiger partial charge in [-0.05, 0) is 232 Å². The molecule has 6 unspecified atom stereocenters. The lowest BCUT2D eigenvalue weighted by Crippen LogP contribution is -2.58. The van der Waals surface area contributed by atoms with E-state index < -0.39 is 0 Å². The van der Waals surface area contributed by atoms with E-state index in [-0.39, 0.29) is 67.3 Å². The Morgan fingerprint density at radius 3 is 1.76 bits per heavy atom. The second-order valence-corrected chi connectivity index (χ2v) is 34.7. The Balaban J connectivity index is 1.15. The minimum atomic E-state index is -0.00812. The average molecular weight is 1080 g/mol. The summed E-state index contributed by atoms with van der Waals surface area (Å²) in [6.45, 7) is 50.9. The van der Waals surface area contributed by atoms with E-state index in [1.165, 1.54) is 135 Å². The molecule has 0 saturated heterocycles. The van der Waals surface area contributed by atoms with E-state index in [1.54, 1.807) is 38.9 Å². The van der Waals surface area contributed by atoms with Gasteiger partial charge in [0, 0.05) is 39.3 Å². The monoisotopic (exact) mass is 1080 g/mol. The Morgan fingerprint density at radius 2 is 1.10 bits per heavy atom. The number of rotatable bonds is 1. The second-order valence-electron chi connectivity index (χ2n) is 33.7. The molecule has 80 heavy (non-hydrogen) atoms. The molecule has 5 aromatic rings. The van der Waals surface area contributed by atoms with E-state index in [0.29, 0.717) is 11.8 Å². The number of thiophene rings is 1. The molecule has 6 aliphatic carbocycles. The van der Waals surface area contributed by atoms with Gasteiger partial charge in [-0.2, -0.15) is 0 Å². The molecule has 6 atom stereocenters. The third-order valence-corrected chi connectivity index (χ3v) is 25.4. The van der Waals surface area contributed by atoms with Crippen molar-refractivity contribution in [3.8, 4) is 0 Å². The van der Waals surface area contributed by atoms with E-state index >= 15 is 0 Å². The molecule has 10 aliphatic rings. The van der Waals surface area contributed by atoms with Gasteiger partial charge in [0.25, 0.3) is 6.71 Å². The number of benzene rings is 4. The summed E-state index contributed by atoms with van der Waals surface area (Å²) in [6, 6.07) is 26.8. The molecular formula is C76H95BN2S. The SMILES string of the molecule is CC1C=C2C3=C(C1C)N(c1ccc4c(c1)C(C)(C)CCC4(C)C)c1cc4c(cc1B3c1c3sc5cc6c(cc15)C(C)(C)CCC6(C)CC1(C)CCC(C)(C)C5=CC(c6cc(C(C)(C)C)ccc6N23)C(C)C=C51)C(C)(C)CCC4(C)C. The van der Waals surface area contributed by atoms with Crippen molar-refractivity contribution >= 4 is 61.1 Å². The number of anilines is 4. The number of hydrogen-bond donors (Lipinski definition) is 0. The van der Waals surface area contributed by atoms with Crippen LogP contribution in [0.3, 0.4) is 0 Å². The molecule has 0 amide bonds. The van der Waals surface area contributed by atoms with Crippen LogP contribution in [-0.4, -0.2) is 6.71 Å². The molecular weight excluding hydrogens is 984 g/mol. The van der Waals surface area contributed by atoms with Crippen molar-refractivity contribution in [3.63, 3.8) is 0 Å². The number of allylic oxidation sites excluding steroid dienone is 7. The zero-order valence-electron chi connectivity index (χ0n) is 53.1. The second kappa shape index (κ2) is 16.4. The van der Waals surface area contributed by atoms with Gasteiger partial charge in [-0.1, -0.05) is 181 Å². The third kappa shape index (κ3) is 7.33. The summed E-state index contributed by atoms with van der Waals surface area (Å²) in [7, 11) is 0. The van der Waals surface area contributed by atoms with Gasteiger partial charge in [0.15, 0.2) is 0 Å². The van der Waals surface area contributed by atoms with Crippen LogP contribution < -0.4 is 20.7 Å². The Kier molecular flexibility index (Phi) is 11.0. The summed E-state index contributed by atoms with van der Waals surface area (Å²) in [5, 5.41) is 2.93. The Bertz CT molecular complexity index is 3700. The normalized spacial score (nSPS) is 30.4. The lowest BCUT2D eigenvalue weighted by Gasteiger charge is -2.54. The fourth-order valence-corrected chi connectivity index (χ4v) is 19.6. The van der Waals surface area contributed by atoms with Crippen molar-refractivity contribution in [2.24, 2.45) is 28.6 Å². The number of fused-ring (bicyclic) bond motifs is 7. The van der Waals surface area contributed by atoms with Crippen LogP contribution in [0.5, 0.6) is 0 Å². The van der Waals surface area contributed by atoms with Crippen LogP contribution in [0.1, 0.15) is 247 Å². The topological polar surface area (TPSA) is 6.48 Å². The van der Waals surface area contributed by atoms with Crippen molar-refractivity contribution in [3.05, 3.63) is 151 Å². The van der Waals surface area contributed by atoms with Gasteiger partial charge in [0.1, 0.15) is 0 Å². The van der Waals surface area contributed by atoms with Gasteiger partial charge >= 0.3 is 0 Å². The molecule has 0 N–H and O–H groups in total. The predicted octanol–water partition coefficient (Wildman–Crippen LogP) is 19.9. The summed E-state index contributed by atoms with van der Waals surface area (Å²) in [6.07, 6.45) is 19.3. The largest absolute Gasteiger partial charge is 0.315 e. The molecule has 4 heteroatoms. The summed E-state index contributed by atoms with van der Waals surface area (Å²) >= 11 is 2.12. The molecule has 4 aromatic carbocycles. The minimum absolute atomic E-state index is 0.00812. The molecule has 7 bridgehead atoms. The third-order valence-electron chi connectivity index (χ3n) is 24.2. The van der Waals surface area contributed by atoms with Gasteiger partial charge in [-0.25, -0.2) is 0 Å². The van der Waals surface area contributed by atoms with Crippen LogP contribution in [-0.2, 0) is 37.9 Å². The highest BCUT2D eigenvalue weighted by atomic mass is 32.1. The van der Waals surface area contributed by atoms with Crippen molar-refractivity contribution in [1.29, 1.82) is 0 Å². The summed E-state index contributed by atoms with van der Waals surface area (Å²) in [4.78, 5) is 5.77. The quantitative estimate of drug-likeness (QED) is 0.154. The highest BCUT2D eigenvalue weighted by Gasteiger charge is 2.55. The minimum Gasteiger partial charge on any atom is -0.315 e. The van der Waals surface area contributed by atoms with E-state index in [1.807, 2.05) is 0 Å². The molecule has 1 fully saturated rings. The maximum absolute atomic E-state index is 2.90. The molecule has 1 aromatic heterocycles. The summed E-state index contributed by atoms with van der Waals surface area (Å²) in [5.74, 6) is 1.15. The highest BCUT2D eigenvalue weighted by Crippen LogP contribution is 2.64. The van der Waals surface area contributed by atoms with Crippen LogP contribution >= 0.6 is 11.3 Å². The van der Waals surface area contributed by atoms with Gasteiger partial charge in [-0.15, -0.1) is 11.3 Å². The van der Waals surface area contributed by atoms with E-state index in [2.05, 4.69) is 239 Å². The maximum atomic E-state index is 2.90. The first kappa shape index (κ1) is 53.5. The van der Waals surface area contributed by atoms with Gasteiger partial charge < -0.3 is 9.80 Å². The van der Waals surface area contributed by atoms with Crippen molar-refractivity contribution in [2.45, 2.75) is 240 Å². The first-order valence-corrected chi connectivity index (χ1v) is 32.6. The van der Waals surface area contributed by atoms with E-state index in [9.17, 15) is 0 Å². The Hall–Kier alpha value is -4.54. The molecule has 15 rings (SSSR count). The fourth-order valence-electron chi connectivity index (χ4n) is 18.4. The van der Waals surface area contributed by atoms with Crippen LogP contribution in [0, 0.1) is 28.6 Å². The standard InChI is InChI=1S/C76H95BN2S/c1-43-34-62-65-66(45(43)3)78(47-22-23-51-52(36-47)70(9,10)26-25-69(51,7)8)61-40-56-55(71(11,12)27-28-72(56,13)14)39-59(61)77(65)64-50-38-54-58-41-63(50)80-67(64)79(62)60-24-21-46(68(4,5)6)35-49(60)48-37-53-57(33-44(48)2)75(19,31-29-73(53,15)16)42-76(58,20)32-30-74(54,17)18/h21-24,33-41,43-45,48H,25-32,42H2,1-20H3. The lowest BCUT2D eigenvalue weighted by molar-refractivity contribution is 0.163. The highest BCUT2D eigenvalue weighted by molar-refractivity contribution is 7.26. The number of nitrogens with zero attached hydrogens (tertiary/aromatic N) is 2. The van der Waals surface area contributed by atoms with Gasteiger partial charge in [0.05, 0.1) is 10.7 Å². The van der Waals surface area contributed by atoms with Gasteiger partial charge in [0.2, 0.25) is 0 Å². The maximum Gasteiger partial charge on any atom is 0.253 e. The van der Waals surface area contributed by atoms with Crippen LogP contribution in [0.2, 0.25) is 0 Å². The fraction of sp³-hybridized carbons (Fsp3) is 0.553. The Labute approximate surface area is 488 Å². The Morgan fingerprint density at radius 1 is 0.512 bits per heavy atom. The smallest absolute Gasteiger partial charge is 0.253 e. The lowest BCUT2D eigenvalue weighted by atomic mass is 9.31. The molecule has 5 heterocycles. The van der Waals surface area contributed by atoms with Crippen molar-refractivity contribution in [2.75, 3.05) is 9.80 Å². The molecule has 418 valence electrons.